The van der Waals surface area contributed by atoms with E-state index in [0.717, 1.165) is 17.8 Å². The highest BCUT2D eigenvalue weighted by molar-refractivity contribution is 6.06. The molecule has 2 aromatic carbocycles. The fourth-order valence-electron chi connectivity index (χ4n) is 6.57. The van der Waals surface area contributed by atoms with Crippen LogP contribution in [-0.2, 0) is 16.0 Å². The SMILES string of the molecule is COc1ccc(C2C3=C(CC(C)(C)CC3=O)N(CCc3ccccc3)C3=C2C(=O)CC(C)(C)C3)cc1[N+](=O)[O-]. The predicted molar refractivity (Wildman–Crippen MR) is 149 cm³/mol. The number of Topliss-reactive ketones (excluding diaryl/α,β-unsaturated/α-hetero) is 2. The molecule has 7 nitrogen and oxygen atoms in total. The Morgan fingerprint density at radius 1 is 0.897 bits per heavy atom. The van der Waals surface area contributed by atoms with Crippen LogP contribution >= 0.6 is 0 Å². The van der Waals surface area contributed by atoms with E-state index in [-0.39, 0.29) is 33.8 Å². The summed E-state index contributed by atoms with van der Waals surface area (Å²) in [6.45, 7) is 9.09. The number of hydrogen-bond donors (Lipinski definition) is 0. The molecule has 0 N–H and O–H groups in total. The minimum absolute atomic E-state index is 0.0126. The number of nitro benzene ring substituents is 1. The fraction of sp³-hybridized carbons (Fsp3) is 0.438. The molecule has 0 atom stereocenters. The number of hydrogen-bond acceptors (Lipinski definition) is 6. The summed E-state index contributed by atoms with van der Waals surface area (Å²) < 4.78 is 5.24. The molecular weight excluding hydrogens is 492 g/mol. The van der Waals surface area contributed by atoms with Crippen molar-refractivity contribution < 1.29 is 19.2 Å². The van der Waals surface area contributed by atoms with Gasteiger partial charge in [0.05, 0.1) is 12.0 Å². The Kier molecular flexibility index (Phi) is 6.73. The zero-order valence-corrected chi connectivity index (χ0v) is 23.4. The van der Waals surface area contributed by atoms with Gasteiger partial charge in [0.25, 0.3) is 0 Å². The second-order valence-corrected chi connectivity index (χ2v) is 12.6. The van der Waals surface area contributed by atoms with Crippen LogP contribution in [0.4, 0.5) is 5.69 Å². The van der Waals surface area contributed by atoms with E-state index in [9.17, 15) is 19.7 Å². The van der Waals surface area contributed by atoms with Gasteiger partial charge in [0.2, 0.25) is 0 Å². The average molecular weight is 529 g/mol. The molecule has 0 bridgehead atoms. The molecule has 2 aliphatic carbocycles. The van der Waals surface area contributed by atoms with E-state index in [1.165, 1.54) is 18.7 Å². The first-order valence-electron chi connectivity index (χ1n) is 13.6. The molecule has 1 aliphatic heterocycles. The number of rotatable bonds is 6. The van der Waals surface area contributed by atoms with Crippen molar-refractivity contribution in [2.24, 2.45) is 10.8 Å². The number of benzene rings is 2. The van der Waals surface area contributed by atoms with Crippen LogP contribution in [0.15, 0.2) is 71.1 Å². The lowest BCUT2D eigenvalue weighted by molar-refractivity contribution is -0.385. The lowest BCUT2D eigenvalue weighted by atomic mass is 9.63. The highest BCUT2D eigenvalue weighted by atomic mass is 16.6. The van der Waals surface area contributed by atoms with Gasteiger partial charge in [0, 0.05) is 53.9 Å². The number of methoxy groups -OCH3 is 1. The molecule has 1 heterocycles. The average Bonchev–Trinajstić information content (AvgIpc) is 2.86. The Hall–Kier alpha value is -3.74. The standard InChI is InChI=1S/C32H36N2O5/c1-31(2)16-23-29(25(35)18-31)28(21-11-12-27(39-5)22(15-21)34(37)38)30-24(17-32(3,4)19-26(30)36)33(23)14-13-20-9-7-6-8-10-20/h6-12,15,28H,13-14,16-19H2,1-5H3. The third-order valence-electron chi connectivity index (χ3n) is 8.22. The highest BCUT2D eigenvalue weighted by Gasteiger charge is 2.49. The number of ether oxygens (including phenoxy) is 1. The second-order valence-electron chi connectivity index (χ2n) is 12.6. The van der Waals surface area contributed by atoms with Crippen LogP contribution in [0.1, 0.15) is 70.4 Å². The van der Waals surface area contributed by atoms with Gasteiger partial charge in [-0.3, -0.25) is 19.7 Å². The number of nitro groups is 1. The van der Waals surface area contributed by atoms with Crippen LogP contribution < -0.4 is 4.74 Å². The van der Waals surface area contributed by atoms with Gasteiger partial charge in [0.1, 0.15) is 0 Å². The molecule has 0 aromatic heterocycles. The normalized spacial score (nSPS) is 20.6. The largest absolute Gasteiger partial charge is 0.490 e. The van der Waals surface area contributed by atoms with Gasteiger partial charge < -0.3 is 9.64 Å². The predicted octanol–water partition coefficient (Wildman–Crippen LogP) is 6.53. The Morgan fingerprint density at radius 2 is 1.46 bits per heavy atom. The molecule has 0 fully saturated rings. The topological polar surface area (TPSA) is 89.8 Å². The van der Waals surface area contributed by atoms with Crippen LogP contribution in [0, 0.1) is 20.9 Å². The molecule has 7 heteroatoms. The van der Waals surface area contributed by atoms with Crippen LogP contribution in [0.25, 0.3) is 0 Å². The number of carbonyl (C=O) groups is 2. The van der Waals surface area contributed by atoms with Crippen molar-refractivity contribution in [1.82, 2.24) is 4.90 Å². The van der Waals surface area contributed by atoms with Crippen molar-refractivity contribution in [2.45, 2.75) is 65.7 Å². The lowest BCUT2D eigenvalue weighted by Crippen LogP contribution is -2.45. The Labute approximate surface area is 229 Å². The smallest absolute Gasteiger partial charge is 0.311 e. The first-order valence-corrected chi connectivity index (χ1v) is 13.6. The quantitative estimate of drug-likeness (QED) is 0.313. The maximum absolute atomic E-state index is 13.9. The summed E-state index contributed by atoms with van der Waals surface area (Å²) >= 11 is 0. The Morgan fingerprint density at radius 3 is 1.97 bits per heavy atom. The minimum atomic E-state index is -0.625. The summed E-state index contributed by atoms with van der Waals surface area (Å²) in [5.41, 5.74) is 4.30. The summed E-state index contributed by atoms with van der Waals surface area (Å²) in [4.78, 5) is 41.5. The van der Waals surface area contributed by atoms with E-state index in [1.54, 1.807) is 12.1 Å². The third-order valence-corrected chi connectivity index (χ3v) is 8.22. The molecule has 39 heavy (non-hydrogen) atoms. The molecule has 0 unspecified atom stereocenters. The molecule has 3 aliphatic rings. The molecule has 0 radical (unpaired) electrons. The van der Waals surface area contributed by atoms with Gasteiger partial charge in [-0.25, -0.2) is 0 Å². The fourth-order valence-corrected chi connectivity index (χ4v) is 6.57. The van der Waals surface area contributed by atoms with Gasteiger partial charge >= 0.3 is 5.69 Å². The summed E-state index contributed by atoms with van der Waals surface area (Å²) in [7, 11) is 1.40. The van der Waals surface area contributed by atoms with E-state index < -0.39 is 10.8 Å². The first-order chi connectivity index (χ1) is 18.4. The van der Waals surface area contributed by atoms with Crippen molar-refractivity contribution in [1.29, 1.82) is 0 Å². The van der Waals surface area contributed by atoms with Crippen LogP contribution in [0.5, 0.6) is 5.75 Å². The van der Waals surface area contributed by atoms with Crippen LogP contribution in [-0.4, -0.2) is 35.0 Å². The second kappa shape index (κ2) is 9.78. The van der Waals surface area contributed by atoms with Crippen molar-refractivity contribution in [2.75, 3.05) is 13.7 Å². The van der Waals surface area contributed by atoms with Gasteiger partial charge in [-0.1, -0.05) is 64.1 Å². The zero-order valence-electron chi connectivity index (χ0n) is 23.4. The number of nitrogens with zero attached hydrogens (tertiary/aromatic N) is 2. The van der Waals surface area contributed by atoms with Gasteiger partial charge in [-0.15, -0.1) is 0 Å². The van der Waals surface area contributed by atoms with Crippen molar-refractivity contribution >= 4 is 17.3 Å². The van der Waals surface area contributed by atoms with Crippen LogP contribution in [0.2, 0.25) is 0 Å². The van der Waals surface area contributed by atoms with E-state index in [4.69, 9.17) is 4.74 Å². The van der Waals surface area contributed by atoms with Gasteiger partial charge in [-0.2, -0.15) is 0 Å². The molecule has 0 spiro atoms. The summed E-state index contributed by atoms with van der Waals surface area (Å²) in [5, 5.41) is 11.9. The maximum Gasteiger partial charge on any atom is 0.311 e. The van der Waals surface area contributed by atoms with Crippen molar-refractivity contribution in [3.63, 3.8) is 0 Å². The lowest BCUT2D eigenvalue weighted by Gasteiger charge is -2.49. The van der Waals surface area contributed by atoms with Crippen molar-refractivity contribution in [3.05, 3.63) is 92.3 Å². The van der Waals surface area contributed by atoms with E-state index in [2.05, 4.69) is 44.7 Å². The van der Waals surface area contributed by atoms with Crippen molar-refractivity contribution in [3.8, 4) is 5.75 Å². The zero-order chi connectivity index (χ0) is 28.1. The Bertz CT molecular complexity index is 1360. The summed E-state index contributed by atoms with van der Waals surface area (Å²) in [6.07, 6.45) is 2.91. The molecule has 0 amide bonds. The van der Waals surface area contributed by atoms with E-state index >= 15 is 0 Å². The molecule has 0 saturated heterocycles. The first kappa shape index (κ1) is 26.9. The Balaban J connectivity index is 1.73. The molecule has 5 rings (SSSR count). The summed E-state index contributed by atoms with van der Waals surface area (Å²) in [5.74, 6) is -0.448. The molecule has 2 aromatic rings. The maximum atomic E-state index is 13.9. The van der Waals surface area contributed by atoms with Gasteiger partial charge in [0.15, 0.2) is 17.3 Å². The third kappa shape index (κ3) is 5.02. The number of allylic oxidation sites excluding steroid dienone is 4. The van der Waals surface area contributed by atoms with Gasteiger partial charge in [-0.05, 0) is 47.3 Å². The number of carbonyl (C=O) groups excluding carboxylic acids is 2. The molecular formula is C32H36N2O5. The number of ketones is 2. The van der Waals surface area contributed by atoms with E-state index in [0.29, 0.717) is 48.9 Å². The molecule has 204 valence electrons. The monoisotopic (exact) mass is 528 g/mol. The molecule has 0 saturated carbocycles. The van der Waals surface area contributed by atoms with Crippen LogP contribution in [0.3, 0.4) is 0 Å². The highest BCUT2D eigenvalue weighted by Crippen LogP contribution is 2.54. The summed E-state index contributed by atoms with van der Waals surface area (Å²) in [6, 6.07) is 15.1. The van der Waals surface area contributed by atoms with E-state index in [1.807, 2.05) is 18.2 Å². The minimum Gasteiger partial charge on any atom is -0.490 e.